The molecule has 1 atom stereocenters. The maximum atomic E-state index is 13.4. The average molecular weight is 340 g/mol. The first-order valence-electron chi connectivity index (χ1n) is 8.00. The molecular formula is C19H17FN2O3. The summed E-state index contributed by atoms with van der Waals surface area (Å²) in [4.78, 5) is 24.5. The lowest BCUT2D eigenvalue weighted by molar-refractivity contribution is -0.384. The number of carbonyl (C=O) groups is 1. The number of amides is 1. The van der Waals surface area contributed by atoms with Crippen molar-refractivity contribution in [1.29, 1.82) is 0 Å². The lowest BCUT2D eigenvalue weighted by Gasteiger charge is -2.34. The van der Waals surface area contributed by atoms with Crippen LogP contribution in [-0.2, 0) is 11.2 Å². The van der Waals surface area contributed by atoms with Crippen molar-refractivity contribution in [2.45, 2.75) is 25.8 Å². The Kier molecular flexibility index (Phi) is 4.61. The van der Waals surface area contributed by atoms with Gasteiger partial charge in [-0.15, -0.1) is 0 Å². The summed E-state index contributed by atoms with van der Waals surface area (Å²) in [5.41, 5.74) is 2.26. The number of anilines is 1. The van der Waals surface area contributed by atoms with Crippen LogP contribution in [0.5, 0.6) is 0 Å². The molecule has 1 aliphatic heterocycles. The van der Waals surface area contributed by atoms with Crippen LogP contribution in [-0.4, -0.2) is 16.9 Å². The summed E-state index contributed by atoms with van der Waals surface area (Å²) in [5.74, 6) is -0.500. The molecule has 0 aliphatic carbocycles. The molecule has 2 aromatic rings. The molecule has 2 aromatic carbocycles. The van der Waals surface area contributed by atoms with Crippen LogP contribution in [0.2, 0.25) is 0 Å². The van der Waals surface area contributed by atoms with Crippen LogP contribution < -0.4 is 4.90 Å². The van der Waals surface area contributed by atoms with Crippen molar-refractivity contribution in [1.82, 2.24) is 0 Å². The molecule has 0 bridgehead atoms. The van der Waals surface area contributed by atoms with E-state index in [9.17, 15) is 19.3 Å². The second kappa shape index (κ2) is 6.84. The second-order valence-corrected chi connectivity index (χ2v) is 6.05. The average Bonchev–Trinajstić information content (AvgIpc) is 2.60. The summed E-state index contributed by atoms with van der Waals surface area (Å²) in [6, 6.07) is 10.5. The van der Waals surface area contributed by atoms with E-state index in [1.165, 1.54) is 30.3 Å². The Morgan fingerprint density at radius 1 is 1.28 bits per heavy atom. The maximum Gasteiger partial charge on any atom is 0.269 e. The molecule has 128 valence electrons. The van der Waals surface area contributed by atoms with Crippen LogP contribution >= 0.6 is 0 Å². The molecule has 0 spiro atoms. The number of rotatable bonds is 3. The normalized spacial score (nSPS) is 16.7. The maximum absolute atomic E-state index is 13.4. The molecule has 5 nitrogen and oxygen atoms in total. The summed E-state index contributed by atoms with van der Waals surface area (Å²) >= 11 is 0. The quantitative estimate of drug-likeness (QED) is 0.480. The summed E-state index contributed by atoms with van der Waals surface area (Å²) in [6.07, 6.45) is 4.57. The molecular weight excluding hydrogens is 323 g/mol. The first kappa shape index (κ1) is 16.8. The number of hydrogen-bond donors (Lipinski definition) is 0. The molecule has 25 heavy (non-hydrogen) atoms. The molecule has 0 unspecified atom stereocenters. The second-order valence-electron chi connectivity index (χ2n) is 6.05. The predicted molar refractivity (Wildman–Crippen MR) is 93.8 cm³/mol. The third-order valence-corrected chi connectivity index (χ3v) is 4.33. The Labute approximate surface area is 144 Å². The van der Waals surface area contributed by atoms with Crippen molar-refractivity contribution in [2.75, 3.05) is 4.90 Å². The van der Waals surface area contributed by atoms with E-state index in [1.807, 2.05) is 6.92 Å². The number of nitrogens with zero attached hydrogens (tertiary/aromatic N) is 2. The van der Waals surface area contributed by atoms with Gasteiger partial charge in [-0.3, -0.25) is 14.9 Å². The first-order valence-corrected chi connectivity index (χ1v) is 8.00. The highest BCUT2D eigenvalue weighted by atomic mass is 19.1. The Hall–Kier alpha value is -3.02. The Bertz CT molecular complexity index is 846. The van der Waals surface area contributed by atoms with Gasteiger partial charge in [0, 0.05) is 29.9 Å². The summed E-state index contributed by atoms with van der Waals surface area (Å²) in [5, 5.41) is 10.7. The smallest absolute Gasteiger partial charge is 0.269 e. The highest BCUT2D eigenvalue weighted by molar-refractivity contribution is 6.05. The van der Waals surface area contributed by atoms with E-state index in [0.29, 0.717) is 5.56 Å². The number of nitro groups is 1. The first-order chi connectivity index (χ1) is 12.0. The van der Waals surface area contributed by atoms with E-state index in [0.717, 1.165) is 24.1 Å². The van der Waals surface area contributed by atoms with Gasteiger partial charge in [-0.05, 0) is 67.3 Å². The zero-order valence-electron chi connectivity index (χ0n) is 13.7. The van der Waals surface area contributed by atoms with E-state index in [4.69, 9.17) is 0 Å². The molecule has 1 aliphatic rings. The molecule has 6 heteroatoms. The van der Waals surface area contributed by atoms with E-state index in [1.54, 1.807) is 29.2 Å². The largest absolute Gasteiger partial charge is 0.306 e. The van der Waals surface area contributed by atoms with Gasteiger partial charge in [0.05, 0.1) is 4.92 Å². The van der Waals surface area contributed by atoms with Gasteiger partial charge in [0.1, 0.15) is 5.82 Å². The molecule has 0 N–H and O–H groups in total. The van der Waals surface area contributed by atoms with Crippen molar-refractivity contribution in [3.63, 3.8) is 0 Å². The number of hydrogen-bond acceptors (Lipinski definition) is 3. The molecule has 0 saturated heterocycles. The van der Waals surface area contributed by atoms with Gasteiger partial charge in [-0.1, -0.05) is 0 Å². The summed E-state index contributed by atoms with van der Waals surface area (Å²) < 4.78 is 13.4. The van der Waals surface area contributed by atoms with E-state index < -0.39 is 4.92 Å². The third kappa shape index (κ3) is 3.57. The molecule has 0 saturated carbocycles. The van der Waals surface area contributed by atoms with Gasteiger partial charge in [0.2, 0.25) is 0 Å². The summed E-state index contributed by atoms with van der Waals surface area (Å²) in [7, 11) is 0. The molecule has 0 radical (unpaired) electrons. The van der Waals surface area contributed by atoms with Crippen molar-refractivity contribution >= 4 is 23.4 Å². The van der Waals surface area contributed by atoms with Gasteiger partial charge in [0.25, 0.3) is 11.6 Å². The lowest BCUT2D eigenvalue weighted by atomic mass is 9.96. The Balaban J connectivity index is 1.82. The topological polar surface area (TPSA) is 63.5 Å². The number of benzene rings is 2. The van der Waals surface area contributed by atoms with Crippen molar-refractivity contribution in [3.05, 3.63) is 75.6 Å². The minimum atomic E-state index is -0.468. The highest BCUT2D eigenvalue weighted by Gasteiger charge is 2.27. The number of non-ortho nitro benzene ring substituents is 1. The fourth-order valence-electron chi connectivity index (χ4n) is 3.01. The van der Waals surface area contributed by atoms with Crippen molar-refractivity contribution < 1.29 is 14.1 Å². The minimum Gasteiger partial charge on any atom is -0.306 e. The van der Waals surface area contributed by atoms with Crippen LogP contribution in [0, 0.1) is 15.9 Å². The number of fused-ring (bicyclic) bond motifs is 1. The number of halogens is 1. The van der Waals surface area contributed by atoms with Crippen LogP contribution in [0.1, 0.15) is 24.5 Å². The van der Waals surface area contributed by atoms with Crippen LogP contribution in [0.3, 0.4) is 0 Å². The number of nitro benzene ring substituents is 1. The zero-order chi connectivity index (χ0) is 18.0. The number of aryl methyl sites for hydroxylation is 1. The zero-order valence-corrected chi connectivity index (χ0v) is 13.7. The highest BCUT2D eigenvalue weighted by Crippen LogP contribution is 2.31. The predicted octanol–water partition coefficient (Wildman–Crippen LogP) is 4.12. The standard InChI is InChI=1S/C19H17FN2O3/c1-13-2-6-15-12-16(20)7-10-18(15)21(13)19(23)11-5-14-3-8-17(9-4-14)22(24)25/h3-5,7-13H,2,6H2,1H3/b11-5+/t13-/m0/s1. The SMILES string of the molecule is C[C@H]1CCc2cc(F)ccc2N1C(=O)/C=C/c1ccc([N+](=O)[O-])cc1. The van der Waals surface area contributed by atoms with Gasteiger partial charge in [-0.25, -0.2) is 4.39 Å². The lowest BCUT2D eigenvalue weighted by Crippen LogP contribution is -2.41. The van der Waals surface area contributed by atoms with Crippen LogP contribution in [0.15, 0.2) is 48.5 Å². The van der Waals surface area contributed by atoms with Crippen LogP contribution in [0.25, 0.3) is 6.08 Å². The molecule has 0 fully saturated rings. The molecule has 3 rings (SSSR count). The van der Waals surface area contributed by atoms with Gasteiger partial charge < -0.3 is 4.90 Å². The third-order valence-electron chi connectivity index (χ3n) is 4.33. The van der Waals surface area contributed by atoms with E-state index in [2.05, 4.69) is 0 Å². The Morgan fingerprint density at radius 3 is 2.68 bits per heavy atom. The summed E-state index contributed by atoms with van der Waals surface area (Å²) in [6.45, 7) is 1.96. The minimum absolute atomic E-state index is 0.00378. The van der Waals surface area contributed by atoms with E-state index >= 15 is 0 Å². The van der Waals surface area contributed by atoms with Crippen molar-refractivity contribution in [3.8, 4) is 0 Å². The fourth-order valence-corrected chi connectivity index (χ4v) is 3.01. The molecule has 1 heterocycles. The number of carbonyl (C=O) groups excluding carboxylic acids is 1. The fraction of sp³-hybridized carbons (Fsp3) is 0.211. The van der Waals surface area contributed by atoms with Crippen molar-refractivity contribution in [2.24, 2.45) is 0 Å². The Morgan fingerprint density at radius 2 is 2.00 bits per heavy atom. The van der Waals surface area contributed by atoms with Gasteiger partial charge in [0.15, 0.2) is 0 Å². The monoisotopic (exact) mass is 340 g/mol. The van der Waals surface area contributed by atoms with Crippen LogP contribution in [0.4, 0.5) is 15.8 Å². The van der Waals surface area contributed by atoms with Gasteiger partial charge in [-0.2, -0.15) is 0 Å². The van der Waals surface area contributed by atoms with Gasteiger partial charge >= 0.3 is 0 Å². The van der Waals surface area contributed by atoms with E-state index in [-0.39, 0.29) is 23.5 Å². The molecule has 1 amide bonds. The molecule has 0 aromatic heterocycles.